The maximum absolute atomic E-state index is 13.7. The first-order valence-electron chi connectivity index (χ1n) is 13.6. The fourth-order valence-corrected chi connectivity index (χ4v) is 6.63. The summed E-state index contributed by atoms with van der Waals surface area (Å²) in [6.07, 6.45) is 3.43. The predicted octanol–water partition coefficient (Wildman–Crippen LogP) is 5.81. The van der Waals surface area contributed by atoms with E-state index in [2.05, 4.69) is 5.32 Å². The van der Waals surface area contributed by atoms with Crippen molar-refractivity contribution in [1.29, 1.82) is 0 Å². The Morgan fingerprint density at radius 3 is 2.34 bits per heavy atom. The Morgan fingerprint density at radius 1 is 0.951 bits per heavy atom. The summed E-state index contributed by atoms with van der Waals surface area (Å²) in [6, 6.07) is 14.8. The van der Waals surface area contributed by atoms with E-state index in [0.29, 0.717) is 26.9 Å². The van der Waals surface area contributed by atoms with Gasteiger partial charge in [0, 0.05) is 22.9 Å². The van der Waals surface area contributed by atoms with Crippen LogP contribution in [0.1, 0.15) is 63.0 Å². The number of anilines is 1. The SMILES string of the molecule is COC(=O)c1c(NC(=O)C(C)OC(=O)c2c(-c3ccc(C)cc3)c3ccccc3c(=O)n2C)sc2c1CCCCC2. The molecule has 0 bridgehead atoms. The predicted molar refractivity (Wildman–Crippen MR) is 160 cm³/mol. The minimum atomic E-state index is -1.21. The second kappa shape index (κ2) is 11.7. The van der Waals surface area contributed by atoms with Crippen LogP contribution in [0, 0.1) is 6.92 Å². The molecule has 1 aliphatic carbocycles. The molecule has 0 fully saturated rings. The van der Waals surface area contributed by atoms with Crippen molar-refractivity contribution in [3.63, 3.8) is 0 Å². The fraction of sp³-hybridized carbons (Fsp3) is 0.312. The number of amides is 1. The highest BCUT2D eigenvalue weighted by Gasteiger charge is 2.30. The summed E-state index contributed by atoms with van der Waals surface area (Å²) in [4.78, 5) is 53.9. The highest BCUT2D eigenvalue weighted by Crippen LogP contribution is 2.38. The molecule has 212 valence electrons. The summed E-state index contributed by atoms with van der Waals surface area (Å²) in [5, 5.41) is 4.29. The van der Waals surface area contributed by atoms with Crippen LogP contribution in [0.4, 0.5) is 5.00 Å². The van der Waals surface area contributed by atoms with Crippen LogP contribution < -0.4 is 10.9 Å². The standard InChI is InChI=1S/C32H32N2O6S/c1-18-14-16-20(17-15-18)25-21-10-8-9-11-22(21)30(36)34(3)27(25)32(38)40-19(2)28(35)33-29-26(31(37)39-4)23-12-6-5-7-13-24(23)41-29/h8-11,14-17,19H,5-7,12-13H2,1-4H3,(H,33,35). The Labute approximate surface area is 241 Å². The van der Waals surface area contributed by atoms with Crippen LogP contribution in [0.3, 0.4) is 0 Å². The molecule has 1 N–H and O–H groups in total. The summed E-state index contributed by atoms with van der Waals surface area (Å²) in [7, 11) is 2.84. The number of esters is 2. The highest BCUT2D eigenvalue weighted by atomic mass is 32.1. The van der Waals surface area contributed by atoms with Crippen LogP contribution in [0.15, 0.2) is 53.3 Å². The summed E-state index contributed by atoms with van der Waals surface area (Å²) in [5.41, 5.74) is 3.35. The summed E-state index contributed by atoms with van der Waals surface area (Å²) < 4.78 is 12.0. The van der Waals surface area contributed by atoms with E-state index >= 15 is 0 Å². The number of carbonyl (C=O) groups excluding carboxylic acids is 3. The average Bonchev–Trinajstić information content (AvgIpc) is 3.14. The van der Waals surface area contributed by atoms with Gasteiger partial charge >= 0.3 is 11.9 Å². The molecule has 0 saturated heterocycles. The van der Waals surface area contributed by atoms with Crippen molar-refractivity contribution < 1.29 is 23.9 Å². The second-order valence-electron chi connectivity index (χ2n) is 10.3. The van der Waals surface area contributed by atoms with Crippen LogP contribution in [-0.4, -0.2) is 35.6 Å². The lowest BCUT2D eigenvalue weighted by molar-refractivity contribution is -0.123. The number of hydrogen-bond donors (Lipinski definition) is 1. The van der Waals surface area contributed by atoms with Gasteiger partial charge in [0.1, 0.15) is 10.7 Å². The molecule has 1 unspecified atom stereocenters. The normalized spacial score (nSPS) is 13.7. The van der Waals surface area contributed by atoms with Crippen LogP contribution in [-0.2, 0) is 34.2 Å². The molecule has 0 radical (unpaired) electrons. The number of hydrogen-bond acceptors (Lipinski definition) is 7. The first-order valence-corrected chi connectivity index (χ1v) is 14.5. The first kappa shape index (κ1) is 28.3. The molecule has 2 heterocycles. The van der Waals surface area contributed by atoms with Gasteiger partial charge in [-0.25, -0.2) is 9.59 Å². The topological polar surface area (TPSA) is 104 Å². The van der Waals surface area contributed by atoms with Gasteiger partial charge < -0.3 is 19.4 Å². The van der Waals surface area contributed by atoms with E-state index in [-0.39, 0.29) is 11.3 Å². The Morgan fingerprint density at radius 2 is 1.63 bits per heavy atom. The summed E-state index contributed by atoms with van der Waals surface area (Å²) >= 11 is 1.37. The number of thiophene rings is 1. The number of rotatable bonds is 6. The molecule has 41 heavy (non-hydrogen) atoms. The molecule has 2 aromatic carbocycles. The monoisotopic (exact) mass is 572 g/mol. The van der Waals surface area contributed by atoms with Crippen molar-refractivity contribution in [3.8, 4) is 11.1 Å². The maximum atomic E-state index is 13.7. The van der Waals surface area contributed by atoms with Gasteiger partial charge in [0.15, 0.2) is 6.10 Å². The number of aryl methyl sites for hydroxylation is 2. The number of nitrogens with zero attached hydrogens (tertiary/aromatic N) is 1. The van der Waals surface area contributed by atoms with Crippen molar-refractivity contribution in [2.24, 2.45) is 7.05 Å². The van der Waals surface area contributed by atoms with Crippen molar-refractivity contribution in [2.45, 2.75) is 52.1 Å². The van der Waals surface area contributed by atoms with Gasteiger partial charge in [0.05, 0.1) is 12.7 Å². The third-order valence-electron chi connectivity index (χ3n) is 7.54. The van der Waals surface area contributed by atoms with Gasteiger partial charge in [-0.15, -0.1) is 11.3 Å². The molecule has 8 nitrogen and oxygen atoms in total. The van der Waals surface area contributed by atoms with E-state index in [1.165, 1.54) is 37.0 Å². The molecule has 9 heteroatoms. The van der Waals surface area contributed by atoms with Crippen molar-refractivity contribution in [2.75, 3.05) is 12.4 Å². The Hall–Kier alpha value is -4.24. The quantitative estimate of drug-likeness (QED) is 0.231. The zero-order chi connectivity index (χ0) is 29.3. The lowest BCUT2D eigenvalue weighted by Gasteiger charge is -2.19. The molecule has 5 rings (SSSR count). The van der Waals surface area contributed by atoms with E-state index in [4.69, 9.17) is 9.47 Å². The molecular formula is C32H32N2O6S. The third-order valence-corrected chi connectivity index (χ3v) is 8.75. The number of carbonyl (C=O) groups is 3. The molecule has 1 aliphatic rings. The van der Waals surface area contributed by atoms with Crippen molar-refractivity contribution in [1.82, 2.24) is 4.57 Å². The van der Waals surface area contributed by atoms with E-state index in [9.17, 15) is 19.2 Å². The third kappa shape index (κ3) is 5.41. The Bertz CT molecular complexity index is 1720. The van der Waals surface area contributed by atoms with Gasteiger partial charge in [-0.05, 0) is 62.1 Å². The van der Waals surface area contributed by atoms with Crippen LogP contribution in [0.2, 0.25) is 0 Å². The Kier molecular flexibility index (Phi) is 8.08. The van der Waals surface area contributed by atoms with Crippen LogP contribution in [0.25, 0.3) is 21.9 Å². The zero-order valence-electron chi connectivity index (χ0n) is 23.5. The molecule has 1 amide bonds. The molecular weight excluding hydrogens is 540 g/mol. The minimum absolute atomic E-state index is 0.0512. The van der Waals surface area contributed by atoms with Crippen molar-refractivity contribution >= 4 is 45.0 Å². The van der Waals surface area contributed by atoms with Gasteiger partial charge in [-0.1, -0.05) is 54.4 Å². The first-order chi connectivity index (χ1) is 19.7. The lowest BCUT2D eigenvalue weighted by Crippen LogP contribution is -2.33. The number of pyridine rings is 1. The van der Waals surface area contributed by atoms with Crippen LogP contribution >= 0.6 is 11.3 Å². The highest BCUT2D eigenvalue weighted by molar-refractivity contribution is 7.17. The van der Waals surface area contributed by atoms with Gasteiger partial charge in [-0.2, -0.15) is 0 Å². The van der Waals surface area contributed by atoms with E-state index in [1.54, 1.807) is 18.2 Å². The molecule has 1 atom stereocenters. The molecule has 0 spiro atoms. The Balaban J connectivity index is 1.48. The number of methoxy groups -OCH3 is 1. The average molecular weight is 573 g/mol. The number of benzene rings is 2. The fourth-order valence-electron chi connectivity index (χ4n) is 5.35. The molecule has 0 aliphatic heterocycles. The molecule has 0 saturated carbocycles. The smallest absolute Gasteiger partial charge is 0.356 e. The summed E-state index contributed by atoms with van der Waals surface area (Å²) in [5.74, 6) is -1.88. The number of fused-ring (bicyclic) bond motifs is 2. The van der Waals surface area contributed by atoms with E-state index in [0.717, 1.165) is 53.7 Å². The van der Waals surface area contributed by atoms with Gasteiger partial charge in [0.2, 0.25) is 0 Å². The van der Waals surface area contributed by atoms with E-state index in [1.807, 2.05) is 37.3 Å². The maximum Gasteiger partial charge on any atom is 0.356 e. The molecule has 2 aromatic heterocycles. The van der Waals surface area contributed by atoms with Gasteiger partial charge in [-0.3, -0.25) is 9.59 Å². The second-order valence-corrected chi connectivity index (χ2v) is 11.4. The van der Waals surface area contributed by atoms with Crippen molar-refractivity contribution in [3.05, 3.63) is 86.1 Å². The summed E-state index contributed by atoms with van der Waals surface area (Å²) in [6.45, 7) is 3.43. The number of nitrogens with one attached hydrogen (secondary N) is 1. The molecule has 4 aromatic rings. The number of ether oxygens (including phenoxy) is 2. The number of aromatic nitrogens is 1. The van der Waals surface area contributed by atoms with Gasteiger partial charge in [0.25, 0.3) is 11.5 Å². The minimum Gasteiger partial charge on any atom is -0.465 e. The lowest BCUT2D eigenvalue weighted by atomic mass is 9.96. The van der Waals surface area contributed by atoms with Crippen LogP contribution in [0.5, 0.6) is 0 Å². The zero-order valence-corrected chi connectivity index (χ0v) is 24.4. The largest absolute Gasteiger partial charge is 0.465 e. The van der Waals surface area contributed by atoms with E-state index < -0.39 is 23.9 Å².